The van der Waals surface area contributed by atoms with E-state index in [9.17, 15) is 4.79 Å². The van der Waals surface area contributed by atoms with Gasteiger partial charge in [-0.15, -0.1) is 0 Å². The molecule has 0 aliphatic carbocycles. The number of carboxylic acid groups (broad SMARTS) is 1. The number of carbonyl (C=O) groups is 1. The second kappa shape index (κ2) is 5.42. The Morgan fingerprint density at radius 3 is 2.61 bits per heavy atom. The van der Waals surface area contributed by atoms with E-state index in [1.54, 1.807) is 31.2 Å². The minimum atomic E-state index is -0.920. The van der Waals surface area contributed by atoms with Crippen molar-refractivity contribution in [1.29, 1.82) is 0 Å². The van der Waals surface area contributed by atoms with Crippen LogP contribution in [0.1, 0.15) is 27.6 Å². The average molecular weight is 247 g/mol. The molecular formula is C12H13N3O3. The Kier molecular flexibility index (Phi) is 3.69. The van der Waals surface area contributed by atoms with Crippen molar-refractivity contribution in [1.82, 2.24) is 15.5 Å². The Balaban J connectivity index is 1.85. The quantitative estimate of drug-likeness (QED) is 0.829. The zero-order chi connectivity index (χ0) is 13.0. The van der Waals surface area contributed by atoms with E-state index in [0.29, 0.717) is 24.8 Å². The van der Waals surface area contributed by atoms with E-state index in [1.807, 2.05) is 0 Å². The lowest BCUT2D eigenvalue weighted by atomic mass is 10.1. The monoisotopic (exact) mass is 247 g/mol. The van der Waals surface area contributed by atoms with Gasteiger partial charge in [0.1, 0.15) is 0 Å². The van der Waals surface area contributed by atoms with Crippen molar-refractivity contribution >= 4 is 5.97 Å². The first-order valence-electron chi connectivity index (χ1n) is 5.47. The second-order valence-corrected chi connectivity index (χ2v) is 3.84. The van der Waals surface area contributed by atoms with Crippen molar-refractivity contribution in [3.05, 3.63) is 47.1 Å². The molecule has 0 aliphatic rings. The van der Waals surface area contributed by atoms with Gasteiger partial charge in [-0.3, -0.25) is 0 Å². The number of aromatic nitrogens is 2. The van der Waals surface area contributed by atoms with Gasteiger partial charge in [0.25, 0.3) is 0 Å². The minimum Gasteiger partial charge on any atom is -0.478 e. The molecule has 0 atom stereocenters. The van der Waals surface area contributed by atoms with Gasteiger partial charge >= 0.3 is 5.97 Å². The zero-order valence-corrected chi connectivity index (χ0v) is 9.88. The highest BCUT2D eigenvalue weighted by molar-refractivity contribution is 5.87. The van der Waals surface area contributed by atoms with Crippen LogP contribution in [0.4, 0.5) is 0 Å². The molecule has 0 saturated carbocycles. The van der Waals surface area contributed by atoms with Gasteiger partial charge in [0.2, 0.25) is 5.89 Å². The van der Waals surface area contributed by atoms with E-state index in [4.69, 9.17) is 9.63 Å². The fourth-order valence-corrected chi connectivity index (χ4v) is 1.50. The minimum absolute atomic E-state index is 0.285. The summed E-state index contributed by atoms with van der Waals surface area (Å²) in [6.07, 6.45) is 0. The fraction of sp³-hybridized carbons (Fsp3) is 0.250. The molecule has 0 fully saturated rings. The van der Waals surface area contributed by atoms with E-state index >= 15 is 0 Å². The number of aryl methyl sites for hydroxylation is 1. The van der Waals surface area contributed by atoms with E-state index in [2.05, 4.69) is 15.5 Å². The third-order valence-electron chi connectivity index (χ3n) is 2.38. The molecule has 0 saturated heterocycles. The van der Waals surface area contributed by atoms with Crippen LogP contribution in [0.3, 0.4) is 0 Å². The predicted octanol–water partition coefficient (Wildman–Crippen LogP) is 1.37. The molecule has 0 spiro atoms. The van der Waals surface area contributed by atoms with Crippen LogP contribution in [0.2, 0.25) is 0 Å². The Morgan fingerprint density at radius 1 is 1.33 bits per heavy atom. The van der Waals surface area contributed by atoms with Gasteiger partial charge in [-0.05, 0) is 17.7 Å². The number of hydrogen-bond donors (Lipinski definition) is 2. The van der Waals surface area contributed by atoms with Crippen LogP contribution >= 0.6 is 0 Å². The van der Waals surface area contributed by atoms with Gasteiger partial charge in [-0.25, -0.2) is 4.79 Å². The normalized spacial score (nSPS) is 10.5. The standard InChI is InChI=1S/C12H13N3O3/c1-8-14-11(15-18-8)7-13-6-9-2-4-10(5-3-9)12(16)17/h2-5,13H,6-7H2,1H3,(H,16,17). The fourth-order valence-electron chi connectivity index (χ4n) is 1.50. The highest BCUT2D eigenvalue weighted by atomic mass is 16.5. The van der Waals surface area contributed by atoms with Crippen molar-refractivity contribution in [3.8, 4) is 0 Å². The number of carboxylic acids is 1. The van der Waals surface area contributed by atoms with Crippen molar-refractivity contribution in [2.45, 2.75) is 20.0 Å². The summed E-state index contributed by atoms with van der Waals surface area (Å²) in [5.41, 5.74) is 1.28. The van der Waals surface area contributed by atoms with Gasteiger partial charge in [-0.2, -0.15) is 4.98 Å². The summed E-state index contributed by atoms with van der Waals surface area (Å²) < 4.78 is 4.84. The van der Waals surface area contributed by atoms with Crippen LogP contribution in [0.15, 0.2) is 28.8 Å². The number of benzene rings is 1. The van der Waals surface area contributed by atoms with Gasteiger partial charge in [0.05, 0.1) is 12.1 Å². The highest BCUT2D eigenvalue weighted by Crippen LogP contribution is 2.04. The van der Waals surface area contributed by atoms with Crippen LogP contribution in [-0.2, 0) is 13.1 Å². The Morgan fingerprint density at radius 2 is 2.06 bits per heavy atom. The lowest BCUT2D eigenvalue weighted by Gasteiger charge is -2.02. The molecule has 1 aromatic carbocycles. The topological polar surface area (TPSA) is 88.2 Å². The highest BCUT2D eigenvalue weighted by Gasteiger charge is 2.03. The summed E-state index contributed by atoms with van der Waals surface area (Å²) in [4.78, 5) is 14.7. The van der Waals surface area contributed by atoms with E-state index in [-0.39, 0.29) is 5.56 Å². The Labute approximate surface area is 104 Å². The number of nitrogens with zero attached hydrogens (tertiary/aromatic N) is 2. The maximum atomic E-state index is 10.7. The molecule has 0 unspecified atom stereocenters. The van der Waals surface area contributed by atoms with Crippen molar-refractivity contribution in [2.75, 3.05) is 0 Å². The van der Waals surface area contributed by atoms with Crippen LogP contribution in [0.5, 0.6) is 0 Å². The van der Waals surface area contributed by atoms with Crippen molar-refractivity contribution in [3.63, 3.8) is 0 Å². The molecule has 94 valence electrons. The molecule has 0 amide bonds. The first kappa shape index (κ1) is 12.3. The second-order valence-electron chi connectivity index (χ2n) is 3.84. The van der Waals surface area contributed by atoms with E-state index < -0.39 is 5.97 Å². The molecule has 1 heterocycles. The van der Waals surface area contributed by atoms with E-state index in [0.717, 1.165) is 5.56 Å². The Hall–Kier alpha value is -2.21. The van der Waals surface area contributed by atoms with Crippen LogP contribution in [0.25, 0.3) is 0 Å². The Bertz CT molecular complexity index is 534. The average Bonchev–Trinajstić information content (AvgIpc) is 2.76. The van der Waals surface area contributed by atoms with Gasteiger partial charge in [0, 0.05) is 13.5 Å². The molecule has 2 N–H and O–H groups in total. The molecular weight excluding hydrogens is 234 g/mol. The molecule has 18 heavy (non-hydrogen) atoms. The SMILES string of the molecule is Cc1nc(CNCc2ccc(C(=O)O)cc2)no1. The number of nitrogens with one attached hydrogen (secondary N) is 1. The lowest BCUT2D eigenvalue weighted by Crippen LogP contribution is -2.13. The van der Waals surface area contributed by atoms with Gasteiger partial charge < -0.3 is 14.9 Å². The van der Waals surface area contributed by atoms with Crippen LogP contribution < -0.4 is 5.32 Å². The summed E-state index contributed by atoms with van der Waals surface area (Å²) in [6.45, 7) is 2.87. The maximum Gasteiger partial charge on any atom is 0.335 e. The van der Waals surface area contributed by atoms with Crippen LogP contribution in [-0.4, -0.2) is 21.2 Å². The molecule has 0 bridgehead atoms. The molecule has 0 radical (unpaired) electrons. The molecule has 6 heteroatoms. The molecule has 2 rings (SSSR count). The number of hydrogen-bond acceptors (Lipinski definition) is 5. The summed E-state index contributed by atoms with van der Waals surface area (Å²) in [6, 6.07) is 6.71. The summed E-state index contributed by atoms with van der Waals surface area (Å²) in [5.74, 6) is 0.226. The summed E-state index contributed by atoms with van der Waals surface area (Å²) in [7, 11) is 0. The molecule has 1 aromatic heterocycles. The first-order chi connectivity index (χ1) is 8.65. The summed E-state index contributed by atoms with van der Waals surface area (Å²) >= 11 is 0. The predicted molar refractivity (Wildman–Crippen MR) is 63.0 cm³/mol. The molecule has 0 aliphatic heterocycles. The molecule has 6 nitrogen and oxygen atoms in total. The number of aromatic carboxylic acids is 1. The maximum absolute atomic E-state index is 10.7. The van der Waals surface area contributed by atoms with Gasteiger partial charge in [-0.1, -0.05) is 17.3 Å². The zero-order valence-electron chi connectivity index (χ0n) is 9.88. The smallest absolute Gasteiger partial charge is 0.335 e. The third kappa shape index (κ3) is 3.14. The van der Waals surface area contributed by atoms with E-state index in [1.165, 1.54) is 0 Å². The van der Waals surface area contributed by atoms with Crippen molar-refractivity contribution in [2.24, 2.45) is 0 Å². The lowest BCUT2D eigenvalue weighted by molar-refractivity contribution is 0.0697. The summed E-state index contributed by atoms with van der Waals surface area (Å²) in [5, 5.41) is 15.7. The van der Waals surface area contributed by atoms with Crippen LogP contribution in [0, 0.1) is 6.92 Å². The molecule has 2 aromatic rings. The number of rotatable bonds is 5. The van der Waals surface area contributed by atoms with Crippen molar-refractivity contribution < 1.29 is 14.4 Å². The first-order valence-corrected chi connectivity index (χ1v) is 5.47. The van der Waals surface area contributed by atoms with Gasteiger partial charge in [0.15, 0.2) is 5.82 Å². The largest absolute Gasteiger partial charge is 0.478 e. The third-order valence-corrected chi connectivity index (χ3v) is 2.38.